The fourth-order valence-electron chi connectivity index (χ4n) is 3.24. The van der Waals surface area contributed by atoms with Gasteiger partial charge in [0.1, 0.15) is 5.76 Å². The molecule has 2 aromatic heterocycles. The molecule has 0 bridgehead atoms. The van der Waals surface area contributed by atoms with E-state index < -0.39 is 29.7 Å². The Morgan fingerprint density at radius 1 is 1.18 bits per heavy atom. The molecule has 1 aromatic carbocycles. The van der Waals surface area contributed by atoms with Crippen molar-refractivity contribution in [3.63, 3.8) is 0 Å². The number of aryl methyl sites for hydroxylation is 1. The molecule has 33 heavy (non-hydrogen) atoms. The zero-order valence-corrected chi connectivity index (χ0v) is 18.3. The number of anilines is 1. The van der Waals surface area contributed by atoms with Gasteiger partial charge in [0.15, 0.2) is 6.10 Å². The predicted molar refractivity (Wildman–Crippen MR) is 116 cm³/mol. The number of hydrogen-bond donors (Lipinski definition) is 1. The highest BCUT2D eigenvalue weighted by atomic mass is 19.4. The van der Waals surface area contributed by atoms with Gasteiger partial charge in [-0.05, 0) is 68.8 Å². The maximum absolute atomic E-state index is 12.8. The van der Waals surface area contributed by atoms with Crippen molar-refractivity contribution in [3.8, 4) is 0 Å². The minimum Gasteiger partial charge on any atom is -0.467 e. The number of carbonyl (C=O) groups is 2. The number of halogens is 3. The number of nitrogens with one attached hydrogen (secondary N) is 1. The highest BCUT2D eigenvalue weighted by Gasteiger charge is 2.30. The quantitative estimate of drug-likeness (QED) is 0.381. The minimum atomic E-state index is -4.53. The first-order valence-corrected chi connectivity index (χ1v) is 10.1. The standard InChI is InChI=1S/C24H23F3N2O4/c1-15-12-18(16(2)29(15)14-21-8-5-11-32-21)9-10-22(30)33-17(3)23(31)28-20-7-4-6-19(13-20)24(25,26)27/h4-13,17H,14H2,1-3H3,(H,28,31)/b10-9+. The third kappa shape index (κ3) is 6.15. The molecule has 0 spiro atoms. The molecule has 0 fully saturated rings. The Hall–Kier alpha value is -3.75. The molecular weight excluding hydrogens is 437 g/mol. The van der Waals surface area contributed by atoms with Gasteiger partial charge in [0.25, 0.3) is 5.91 Å². The van der Waals surface area contributed by atoms with Crippen LogP contribution in [-0.2, 0) is 27.0 Å². The fourth-order valence-corrected chi connectivity index (χ4v) is 3.24. The molecule has 0 aliphatic rings. The molecule has 0 saturated heterocycles. The molecule has 174 valence electrons. The summed E-state index contributed by atoms with van der Waals surface area (Å²) in [5.74, 6) is -0.697. The van der Waals surface area contributed by atoms with Crippen LogP contribution in [0.3, 0.4) is 0 Å². The summed E-state index contributed by atoms with van der Waals surface area (Å²) >= 11 is 0. The van der Waals surface area contributed by atoms with Gasteiger partial charge in [-0.25, -0.2) is 4.79 Å². The molecular formula is C24H23F3N2O4. The van der Waals surface area contributed by atoms with Gasteiger partial charge in [0, 0.05) is 23.2 Å². The monoisotopic (exact) mass is 460 g/mol. The van der Waals surface area contributed by atoms with Crippen molar-refractivity contribution in [3.05, 3.63) is 83.1 Å². The first-order valence-electron chi connectivity index (χ1n) is 10.1. The molecule has 2 heterocycles. The number of furan rings is 1. The van der Waals surface area contributed by atoms with E-state index in [4.69, 9.17) is 9.15 Å². The van der Waals surface area contributed by atoms with Gasteiger partial charge in [-0.15, -0.1) is 0 Å². The van der Waals surface area contributed by atoms with Crippen LogP contribution in [0.2, 0.25) is 0 Å². The normalized spacial score (nSPS) is 12.7. The predicted octanol–water partition coefficient (Wildman–Crippen LogP) is 5.35. The van der Waals surface area contributed by atoms with Crippen LogP contribution >= 0.6 is 0 Å². The summed E-state index contributed by atoms with van der Waals surface area (Å²) in [6.07, 6.45) is -1.35. The topological polar surface area (TPSA) is 73.5 Å². The number of ether oxygens (including phenoxy) is 1. The van der Waals surface area contributed by atoms with Gasteiger partial charge in [-0.1, -0.05) is 6.07 Å². The third-order valence-electron chi connectivity index (χ3n) is 5.03. The Morgan fingerprint density at radius 2 is 1.94 bits per heavy atom. The van der Waals surface area contributed by atoms with Crippen molar-refractivity contribution < 1.29 is 31.9 Å². The smallest absolute Gasteiger partial charge is 0.416 e. The van der Waals surface area contributed by atoms with Crippen LogP contribution in [0, 0.1) is 13.8 Å². The average Bonchev–Trinajstić information content (AvgIpc) is 3.35. The van der Waals surface area contributed by atoms with E-state index in [9.17, 15) is 22.8 Å². The van der Waals surface area contributed by atoms with Gasteiger partial charge in [0.05, 0.1) is 18.4 Å². The number of hydrogen-bond acceptors (Lipinski definition) is 4. The summed E-state index contributed by atoms with van der Waals surface area (Å²) in [7, 11) is 0. The van der Waals surface area contributed by atoms with Gasteiger partial charge in [0.2, 0.25) is 0 Å². The van der Waals surface area contributed by atoms with Crippen LogP contribution < -0.4 is 5.32 Å². The molecule has 0 aliphatic heterocycles. The first-order chi connectivity index (χ1) is 15.5. The van der Waals surface area contributed by atoms with Crippen molar-refractivity contribution in [2.45, 2.75) is 39.6 Å². The molecule has 3 rings (SSSR count). The Bertz CT molecular complexity index is 1160. The lowest BCUT2D eigenvalue weighted by atomic mass is 10.2. The van der Waals surface area contributed by atoms with E-state index in [0.717, 1.165) is 34.8 Å². The highest BCUT2D eigenvalue weighted by molar-refractivity contribution is 5.96. The van der Waals surface area contributed by atoms with Gasteiger partial charge >= 0.3 is 12.1 Å². The number of benzene rings is 1. The van der Waals surface area contributed by atoms with Crippen LogP contribution in [0.1, 0.15) is 35.2 Å². The average molecular weight is 460 g/mol. The zero-order chi connectivity index (χ0) is 24.2. The lowest BCUT2D eigenvalue weighted by molar-refractivity contribution is -0.148. The van der Waals surface area contributed by atoms with Crippen LogP contribution in [0.25, 0.3) is 6.08 Å². The molecule has 6 nitrogen and oxygen atoms in total. The van der Waals surface area contributed by atoms with Crippen molar-refractivity contribution >= 4 is 23.6 Å². The number of aromatic nitrogens is 1. The number of nitrogens with zero attached hydrogens (tertiary/aromatic N) is 1. The van der Waals surface area contributed by atoms with E-state index in [1.165, 1.54) is 25.1 Å². The van der Waals surface area contributed by atoms with Gasteiger partial charge in [-0.3, -0.25) is 4.79 Å². The zero-order valence-electron chi connectivity index (χ0n) is 18.3. The van der Waals surface area contributed by atoms with E-state index in [1.54, 1.807) is 12.3 Å². The van der Waals surface area contributed by atoms with Gasteiger partial charge in [-0.2, -0.15) is 13.2 Å². The number of carbonyl (C=O) groups excluding carboxylic acids is 2. The van der Waals surface area contributed by atoms with E-state index in [0.29, 0.717) is 6.54 Å². The van der Waals surface area contributed by atoms with Crippen LogP contribution in [0.4, 0.5) is 18.9 Å². The molecule has 0 radical (unpaired) electrons. The largest absolute Gasteiger partial charge is 0.467 e. The molecule has 1 N–H and O–H groups in total. The number of alkyl halides is 3. The van der Waals surface area contributed by atoms with Crippen LogP contribution in [0.5, 0.6) is 0 Å². The second kappa shape index (κ2) is 9.81. The summed E-state index contributed by atoms with van der Waals surface area (Å²) in [6.45, 7) is 5.73. The summed E-state index contributed by atoms with van der Waals surface area (Å²) in [5, 5.41) is 2.32. The Morgan fingerprint density at radius 3 is 2.61 bits per heavy atom. The lowest BCUT2D eigenvalue weighted by Crippen LogP contribution is -2.29. The second-order valence-corrected chi connectivity index (χ2v) is 7.47. The SMILES string of the molecule is Cc1cc(/C=C/C(=O)OC(C)C(=O)Nc2cccc(C(F)(F)F)c2)c(C)n1Cc1ccco1. The maximum atomic E-state index is 12.8. The minimum absolute atomic E-state index is 0.0442. The van der Waals surface area contributed by atoms with Crippen molar-refractivity contribution in [2.75, 3.05) is 5.32 Å². The van der Waals surface area contributed by atoms with Crippen LogP contribution in [-0.4, -0.2) is 22.5 Å². The van der Waals surface area contributed by atoms with E-state index in [2.05, 4.69) is 5.32 Å². The maximum Gasteiger partial charge on any atom is 0.416 e. The first kappa shape index (κ1) is 23.9. The van der Waals surface area contributed by atoms with E-state index in [1.807, 2.05) is 36.6 Å². The second-order valence-electron chi connectivity index (χ2n) is 7.47. The Labute approximate surface area is 188 Å². The molecule has 1 atom stereocenters. The summed E-state index contributed by atoms with van der Waals surface area (Å²) < 4.78 is 50.9. The van der Waals surface area contributed by atoms with Crippen molar-refractivity contribution in [1.82, 2.24) is 4.57 Å². The third-order valence-corrected chi connectivity index (χ3v) is 5.03. The number of esters is 1. The van der Waals surface area contributed by atoms with E-state index in [-0.39, 0.29) is 5.69 Å². The Kier molecular flexibility index (Phi) is 7.10. The van der Waals surface area contributed by atoms with Crippen molar-refractivity contribution in [2.24, 2.45) is 0 Å². The number of rotatable bonds is 7. The summed E-state index contributed by atoms with van der Waals surface area (Å²) in [4.78, 5) is 24.4. The van der Waals surface area contributed by atoms with Crippen molar-refractivity contribution in [1.29, 1.82) is 0 Å². The van der Waals surface area contributed by atoms with E-state index >= 15 is 0 Å². The highest BCUT2D eigenvalue weighted by Crippen LogP contribution is 2.30. The number of amides is 1. The molecule has 1 amide bonds. The summed E-state index contributed by atoms with van der Waals surface area (Å²) in [5.41, 5.74) is 1.76. The molecule has 9 heteroatoms. The molecule has 0 aliphatic carbocycles. The van der Waals surface area contributed by atoms with Crippen LogP contribution in [0.15, 0.2) is 59.2 Å². The summed E-state index contributed by atoms with van der Waals surface area (Å²) in [6, 6.07) is 9.80. The van der Waals surface area contributed by atoms with Gasteiger partial charge < -0.3 is 19.0 Å². The lowest BCUT2D eigenvalue weighted by Gasteiger charge is -2.13. The Balaban J connectivity index is 1.60. The molecule has 1 unspecified atom stereocenters. The molecule has 3 aromatic rings. The molecule has 0 saturated carbocycles. The fraction of sp³-hybridized carbons (Fsp3) is 0.250.